The molecule has 0 bridgehead atoms. The second-order valence-electron chi connectivity index (χ2n) is 7.64. The van der Waals surface area contributed by atoms with Crippen LogP contribution < -0.4 is 5.73 Å². The van der Waals surface area contributed by atoms with E-state index in [4.69, 9.17) is 12.2 Å². The summed E-state index contributed by atoms with van der Waals surface area (Å²) >= 11 is 0. The lowest BCUT2D eigenvalue weighted by atomic mass is 10.2. The minimum Gasteiger partial charge on any atom is -0.330 e. The summed E-state index contributed by atoms with van der Waals surface area (Å²) in [6.07, 6.45) is 8.35. The topological polar surface area (TPSA) is 60.0 Å². The van der Waals surface area contributed by atoms with E-state index in [9.17, 15) is 0 Å². The van der Waals surface area contributed by atoms with Crippen molar-refractivity contribution in [1.29, 1.82) is 0 Å². The number of rotatable bonds is 7. The standard InChI is InChI=1S/C18H31N5Si/c1-7-11-22(12-9-14-24(5,6)18(2,3)4)15-17-16-23(21-20-17)13-8-10-19/h1,16H,8,10-13,15,19H2,2-6H3. The molecule has 0 aliphatic carbocycles. The van der Waals surface area contributed by atoms with Gasteiger partial charge in [0.15, 0.2) is 0 Å². The first-order valence-corrected chi connectivity index (χ1v) is 11.4. The summed E-state index contributed by atoms with van der Waals surface area (Å²) in [7, 11) is -1.58. The molecule has 0 radical (unpaired) electrons. The highest BCUT2D eigenvalue weighted by molar-refractivity contribution is 6.87. The lowest BCUT2D eigenvalue weighted by molar-refractivity contribution is 0.333. The molecule has 1 rings (SSSR count). The van der Waals surface area contributed by atoms with Crippen molar-refractivity contribution in [1.82, 2.24) is 19.9 Å². The molecule has 5 nitrogen and oxygen atoms in total. The van der Waals surface area contributed by atoms with Crippen LogP contribution in [0.25, 0.3) is 0 Å². The first-order chi connectivity index (χ1) is 11.2. The zero-order valence-electron chi connectivity index (χ0n) is 15.8. The van der Waals surface area contributed by atoms with E-state index >= 15 is 0 Å². The van der Waals surface area contributed by atoms with Crippen LogP contribution in [0.1, 0.15) is 32.9 Å². The van der Waals surface area contributed by atoms with Crippen molar-refractivity contribution in [2.75, 3.05) is 19.6 Å². The molecular weight excluding hydrogens is 314 g/mol. The molecule has 0 aliphatic rings. The molecule has 0 fully saturated rings. The van der Waals surface area contributed by atoms with Gasteiger partial charge in [0.1, 0.15) is 8.07 Å². The van der Waals surface area contributed by atoms with E-state index in [1.165, 1.54) is 0 Å². The molecule has 0 aromatic carbocycles. The third kappa shape index (κ3) is 6.49. The summed E-state index contributed by atoms with van der Waals surface area (Å²) in [6.45, 7) is 14.8. The van der Waals surface area contributed by atoms with E-state index in [-0.39, 0.29) is 5.04 Å². The third-order valence-electron chi connectivity index (χ3n) is 4.46. The Bertz CT molecular complexity index is 610. The molecule has 1 aromatic rings. The van der Waals surface area contributed by atoms with Gasteiger partial charge in [-0.25, -0.2) is 0 Å². The average molecular weight is 346 g/mol. The number of hydrogen-bond acceptors (Lipinski definition) is 4. The lowest BCUT2D eigenvalue weighted by Crippen LogP contribution is -2.36. The Morgan fingerprint density at radius 2 is 2.04 bits per heavy atom. The fourth-order valence-corrected chi connectivity index (χ4v) is 2.76. The Balaban J connectivity index is 2.69. The number of aromatic nitrogens is 3. The number of terminal acetylenes is 1. The monoisotopic (exact) mass is 345 g/mol. The summed E-state index contributed by atoms with van der Waals surface area (Å²) in [5.41, 5.74) is 9.96. The van der Waals surface area contributed by atoms with Crippen molar-refractivity contribution in [3.63, 3.8) is 0 Å². The van der Waals surface area contributed by atoms with Crippen molar-refractivity contribution in [2.24, 2.45) is 5.73 Å². The van der Waals surface area contributed by atoms with Gasteiger partial charge in [0.05, 0.1) is 18.8 Å². The van der Waals surface area contributed by atoms with Crippen LogP contribution in [0.5, 0.6) is 0 Å². The molecule has 0 saturated carbocycles. The summed E-state index contributed by atoms with van der Waals surface area (Å²) in [5, 5.41) is 8.60. The maximum absolute atomic E-state index is 5.52. The second-order valence-corrected chi connectivity index (χ2v) is 12.6. The Morgan fingerprint density at radius 1 is 1.33 bits per heavy atom. The van der Waals surface area contributed by atoms with Gasteiger partial charge in [0.2, 0.25) is 0 Å². The van der Waals surface area contributed by atoms with E-state index in [1.54, 1.807) is 0 Å². The minimum absolute atomic E-state index is 0.267. The first kappa shape index (κ1) is 20.4. The van der Waals surface area contributed by atoms with Crippen LogP contribution in [-0.4, -0.2) is 47.6 Å². The number of hydrogen-bond donors (Lipinski definition) is 1. The maximum atomic E-state index is 5.52. The summed E-state index contributed by atoms with van der Waals surface area (Å²) in [5.74, 6) is 6.05. The highest BCUT2D eigenvalue weighted by Crippen LogP contribution is 2.35. The normalized spacial score (nSPS) is 11.9. The average Bonchev–Trinajstić information content (AvgIpc) is 2.91. The van der Waals surface area contributed by atoms with Gasteiger partial charge in [-0.05, 0) is 18.0 Å². The first-order valence-electron chi connectivity index (χ1n) is 8.44. The molecule has 1 aromatic heterocycles. The van der Waals surface area contributed by atoms with Crippen LogP contribution in [0.3, 0.4) is 0 Å². The van der Waals surface area contributed by atoms with Crippen LogP contribution in [0, 0.1) is 23.8 Å². The highest BCUT2D eigenvalue weighted by atomic mass is 28.3. The number of nitrogens with zero attached hydrogens (tertiary/aromatic N) is 4. The summed E-state index contributed by atoms with van der Waals surface area (Å²) in [6, 6.07) is 0. The summed E-state index contributed by atoms with van der Waals surface area (Å²) < 4.78 is 1.83. The van der Waals surface area contributed by atoms with E-state index < -0.39 is 8.07 Å². The van der Waals surface area contributed by atoms with Crippen molar-refractivity contribution in [3.05, 3.63) is 11.9 Å². The maximum Gasteiger partial charge on any atom is 0.137 e. The molecule has 0 aliphatic heterocycles. The van der Waals surface area contributed by atoms with E-state index in [0.717, 1.165) is 18.7 Å². The van der Waals surface area contributed by atoms with Crippen molar-refractivity contribution in [2.45, 2.75) is 58.4 Å². The predicted molar refractivity (Wildman–Crippen MR) is 103 cm³/mol. The Morgan fingerprint density at radius 3 is 2.62 bits per heavy atom. The third-order valence-corrected chi connectivity index (χ3v) is 9.01. The van der Waals surface area contributed by atoms with Gasteiger partial charge in [0, 0.05) is 19.3 Å². The van der Waals surface area contributed by atoms with Gasteiger partial charge in [-0.15, -0.1) is 17.1 Å². The molecule has 6 heteroatoms. The Kier molecular flexibility index (Phi) is 7.69. The molecule has 0 atom stereocenters. The van der Waals surface area contributed by atoms with Crippen molar-refractivity contribution >= 4 is 8.07 Å². The van der Waals surface area contributed by atoms with Crippen molar-refractivity contribution < 1.29 is 0 Å². The van der Waals surface area contributed by atoms with Crippen LogP contribution in [0.2, 0.25) is 18.1 Å². The molecule has 0 amide bonds. The molecular formula is C18H31N5Si. The van der Waals surface area contributed by atoms with Gasteiger partial charge in [-0.3, -0.25) is 9.58 Å². The molecule has 1 heterocycles. The highest BCUT2D eigenvalue weighted by Gasteiger charge is 2.33. The number of nitrogens with two attached hydrogens (primary N) is 1. The molecule has 2 N–H and O–H groups in total. The summed E-state index contributed by atoms with van der Waals surface area (Å²) in [4.78, 5) is 2.12. The molecule has 132 valence electrons. The second kappa shape index (κ2) is 9.03. The number of aryl methyl sites for hydroxylation is 1. The lowest BCUT2D eigenvalue weighted by Gasteiger charge is -2.31. The van der Waals surface area contributed by atoms with Crippen LogP contribution >= 0.6 is 0 Å². The quantitative estimate of drug-likeness (QED) is 0.607. The van der Waals surface area contributed by atoms with E-state index in [2.05, 4.69) is 66.5 Å². The Labute approximate surface area is 148 Å². The fraction of sp³-hybridized carbons (Fsp3) is 0.667. The molecule has 0 saturated heterocycles. The van der Waals surface area contributed by atoms with Crippen LogP contribution in [-0.2, 0) is 13.1 Å². The van der Waals surface area contributed by atoms with E-state index in [0.29, 0.717) is 26.2 Å². The fourth-order valence-electron chi connectivity index (χ4n) is 1.86. The largest absolute Gasteiger partial charge is 0.330 e. The van der Waals surface area contributed by atoms with Crippen molar-refractivity contribution in [3.8, 4) is 23.8 Å². The van der Waals surface area contributed by atoms with Gasteiger partial charge in [0.25, 0.3) is 0 Å². The van der Waals surface area contributed by atoms with Gasteiger partial charge in [-0.2, -0.15) is 0 Å². The molecule has 24 heavy (non-hydrogen) atoms. The Hall–Kier alpha value is -1.60. The zero-order valence-corrected chi connectivity index (χ0v) is 16.8. The molecule has 0 spiro atoms. The van der Waals surface area contributed by atoms with E-state index in [1.807, 2.05) is 10.9 Å². The SMILES string of the molecule is C#CCN(CC#C[Si](C)(C)C(C)(C)C)Cc1cn(CCCN)nn1. The minimum atomic E-state index is -1.58. The van der Waals surface area contributed by atoms with Crippen LogP contribution in [0.4, 0.5) is 0 Å². The molecule has 0 unspecified atom stereocenters. The zero-order chi connectivity index (χ0) is 18.2. The van der Waals surface area contributed by atoms with Gasteiger partial charge < -0.3 is 5.73 Å². The van der Waals surface area contributed by atoms with Gasteiger partial charge >= 0.3 is 0 Å². The van der Waals surface area contributed by atoms with Gasteiger partial charge in [-0.1, -0.05) is 50.9 Å². The smallest absolute Gasteiger partial charge is 0.137 e. The van der Waals surface area contributed by atoms with Crippen LogP contribution in [0.15, 0.2) is 6.20 Å². The predicted octanol–water partition coefficient (Wildman–Crippen LogP) is 2.11.